The molecule has 34 heavy (non-hydrogen) atoms. The van der Waals surface area contributed by atoms with Gasteiger partial charge in [0, 0.05) is 17.0 Å². The molecule has 2 aromatic carbocycles. The molecule has 0 aliphatic heterocycles. The molecule has 0 saturated carbocycles. The van der Waals surface area contributed by atoms with E-state index in [9.17, 15) is 9.59 Å². The smallest absolute Gasteiger partial charge is 0.341 e. The summed E-state index contributed by atoms with van der Waals surface area (Å²) in [6.07, 6.45) is 2.98. The van der Waals surface area contributed by atoms with Crippen molar-refractivity contribution in [2.75, 3.05) is 26.6 Å². The molecule has 176 valence electrons. The minimum Gasteiger partial charge on any atom is -0.493 e. The summed E-state index contributed by atoms with van der Waals surface area (Å²) in [6.45, 7) is 1.99. The van der Waals surface area contributed by atoms with E-state index in [-0.39, 0.29) is 5.11 Å². The number of benzene rings is 2. The SMILES string of the molecule is COC(=O)c1c(-c2ccc(C)cc2)csc1NC(=S)NC(=O)C=Cc1ccc(OC)c(OC)c1. The van der Waals surface area contributed by atoms with E-state index in [0.29, 0.717) is 22.1 Å². The molecule has 0 bridgehead atoms. The summed E-state index contributed by atoms with van der Waals surface area (Å²) in [7, 11) is 4.42. The molecule has 0 unspecified atom stereocenters. The first-order valence-corrected chi connectivity index (χ1v) is 11.4. The number of carbonyl (C=O) groups excluding carboxylic acids is 2. The van der Waals surface area contributed by atoms with Gasteiger partial charge in [0.05, 0.1) is 21.3 Å². The first-order chi connectivity index (χ1) is 16.4. The highest BCUT2D eigenvalue weighted by Crippen LogP contribution is 2.36. The van der Waals surface area contributed by atoms with Crippen LogP contribution < -0.4 is 20.1 Å². The molecule has 3 rings (SSSR count). The topological polar surface area (TPSA) is 85.9 Å². The molecule has 0 aliphatic carbocycles. The zero-order valence-corrected chi connectivity index (χ0v) is 20.8. The Hall–Kier alpha value is -3.69. The highest BCUT2D eigenvalue weighted by Gasteiger charge is 2.22. The molecule has 0 spiro atoms. The minimum atomic E-state index is -0.498. The molecule has 0 atom stereocenters. The second-order valence-corrected chi connectivity index (χ2v) is 8.39. The maximum atomic E-state index is 12.5. The van der Waals surface area contributed by atoms with E-state index in [1.54, 1.807) is 38.5 Å². The Morgan fingerprint density at radius 1 is 1.00 bits per heavy atom. The van der Waals surface area contributed by atoms with Crippen molar-refractivity contribution in [1.29, 1.82) is 0 Å². The van der Waals surface area contributed by atoms with Crippen LogP contribution in [0, 0.1) is 6.92 Å². The lowest BCUT2D eigenvalue weighted by atomic mass is 10.0. The Labute approximate surface area is 207 Å². The van der Waals surface area contributed by atoms with Crippen molar-refractivity contribution in [3.63, 3.8) is 0 Å². The molecular weight excluding hydrogens is 472 g/mol. The lowest BCUT2D eigenvalue weighted by Gasteiger charge is -2.10. The lowest BCUT2D eigenvalue weighted by Crippen LogP contribution is -2.33. The Kier molecular flexibility index (Phi) is 8.39. The molecule has 7 nitrogen and oxygen atoms in total. The normalized spacial score (nSPS) is 10.6. The van der Waals surface area contributed by atoms with E-state index in [4.69, 9.17) is 26.4 Å². The summed E-state index contributed by atoms with van der Waals surface area (Å²) >= 11 is 6.58. The van der Waals surface area contributed by atoms with Crippen LogP contribution in [0.15, 0.2) is 53.9 Å². The number of methoxy groups -OCH3 is 3. The van der Waals surface area contributed by atoms with Gasteiger partial charge >= 0.3 is 5.97 Å². The van der Waals surface area contributed by atoms with Crippen LogP contribution in [0.5, 0.6) is 11.5 Å². The third-order valence-electron chi connectivity index (χ3n) is 4.84. The number of nitrogens with one attached hydrogen (secondary N) is 2. The van der Waals surface area contributed by atoms with Gasteiger partial charge in [0.2, 0.25) is 5.91 Å². The first kappa shape index (κ1) is 24.9. The maximum absolute atomic E-state index is 12.5. The molecule has 0 fully saturated rings. The largest absolute Gasteiger partial charge is 0.493 e. The molecule has 0 saturated heterocycles. The van der Waals surface area contributed by atoms with Crippen LogP contribution in [0.3, 0.4) is 0 Å². The van der Waals surface area contributed by atoms with Gasteiger partial charge in [0.25, 0.3) is 0 Å². The van der Waals surface area contributed by atoms with E-state index in [2.05, 4.69) is 10.6 Å². The van der Waals surface area contributed by atoms with Crippen LogP contribution in [0.25, 0.3) is 17.2 Å². The van der Waals surface area contributed by atoms with Gasteiger partial charge < -0.3 is 19.5 Å². The number of aryl methyl sites for hydroxylation is 1. The predicted octanol–water partition coefficient (Wildman–Crippen LogP) is 5.05. The summed E-state index contributed by atoms with van der Waals surface area (Å²) < 4.78 is 15.5. The number of thiophene rings is 1. The Balaban J connectivity index is 1.72. The first-order valence-electron chi connectivity index (χ1n) is 10.1. The number of hydrogen-bond donors (Lipinski definition) is 2. The summed E-state index contributed by atoms with van der Waals surface area (Å²) in [5, 5.41) is 7.91. The number of ether oxygens (including phenoxy) is 3. The van der Waals surface area contributed by atoms with E-state index in [0.717, 1.165) is 22.3 Å². The van der Waals surface area contributed by atoms with Gasteiger partial charge in [-0.3, -0.25) is 10.1 Å². The number of esters is 1. The zero-order valence-electron chi connectivity index (χ0n) is 19.1. The number of hydrogen-bond acceptors (Lipinski definition) is 7. The second kappa shape index (κ2) is 11.4. The Morgan fingerprint density at radius 2 is 1.71 bits per heavy atom. The van der Waals surface area contributed by atoms with Gasteiger partial charge in [-0.2, -0.15) is 0 Å². The number of carbonyl (C=O) groups is 2. The van der Waals surface area contributed by atoms with Gasteiger partial charge in [0.1, 0.15) is 10.6 Å². The van der Waals surface area contributed by atoms with Crippen LogP contribution in [-0.4, -0.2) is 38.3 Å². The van der Waals surface area contributed by atoms with E-state index in [1.165, 1.54) is 24.5 Å². The standard InChI is InChI=1S/C25H24N2O5S2/c1-15-5-9-17(10-6-15)18-14-34-23(22(18)24(29)32-4)27-25(33)26-21(28)12-8-16-7-11-19(30-2)20(13-16)31-3/h5-14H,1-4H3,(H2,26,27,28,33). The van der Waals surface area contributed by atoms with E-state index < -0.39 is 11.9 Å². The fourth-order valence-electron chi connectivity index (χ4n) is 3.12. The van der Waals surface area contributed by atoms with Gasteiger partial charge in [0.15, 0.2) is 16.6 Å². The average Bonchev–Trinajstić information content (AvgIpc) is 3.25. The van der Waals surface area contributed by atoms with Crippen molar-refractivity contribution in [3.05, 3.63) is 70.6 Å². The highest BCUT2D eigenvalue weighted by molar-refractivity contribution is 7.80. The van der Waals surface area contributed by atoms with Crippen molar-refractivity contribution in [3.8, 4) is 22.6 Å². The summed E-state index contributed by atoms with van der Waals surface area (Å²) in [6, 6.07) is 13.1. The summed E-state index contributed by atoms with van der Waals surface area (Å²) in [5.41, 5.74) is 3.82. The molecule has 1 aromatic heterocycles. The van der Waals surface area contributed by atoms with Crippen molar-refractivity contribution in [2.24, 2.45) is 0 Å². The van der Waals surface area contributed by atoms with Crippen LogP contribution in [0.2, 0.25) is 0 Å². The molecule has 2 N–H and O–H groups in total. The Morgan fingerprint density at radius 3 is 2.35 bits per heavy atom. The van der Waals surface area contributed by atoms with Gasteiger partial charge in [-0.1, -0.05) is 35.9 Å². The monoisotopic (exact) mass is 496 g/mol. The van der Waals surface area contributed by atoms with E-state index in [1.807, 2.05) is 36.6 Å². The predicted molar refractivity (Wildman–Crippen MR) is 139 cm³/mol. The molecule has 0 aliphatic rings. The lowest BCUT2D eigenvalue weighted by molar-refractivity contribution is -0.115. The van der Waals surface area contributed by atoms with Crippen molar-refractivity contribution < 1.29 is 23.8 Å². The zero-order chi connectivity index (χ0) is 24.7. The molecule has 0 radical (unpaired) electrons. The Bertz CT molecular complexity index is 1230. The third kappa shape index (κ3) is 6.00. The van der Waals surface area contributed by atoms with Crippen molar-refractivity contribution in [1.82, 2.24) is 5.32 Å². The van der Waals surface area contributed by atoms with Crippen LogP contribution in [-0.2, 0) is 9.53 Å². The molecule has 3 aromatic rings. The van der Waals surface area contributed by atoms with Crippen LogP contribution in [0.1, 0.15) is 21.5 Å². The minimum absolute atomic E-state index is 0.0596. The number of rotatable bonds is 7. The number of amides is 1. The van der Waals surface area contributed by atoms with E-state index >= 15 is 0 Å². The fraction of sp³-hybridized carbons (Fsp3) is 0.160. The van der Waals surface area contributed by atoms with Crippen LogP contribution >= 0.6 is 23.6 Å². The van der Waals surface area contributed by atoms with Crippen molar-refractivity contribution >= 4 is 51.6 Å². The number of anilines is 1. The summed E-state index contributed by atoms with van der Waals surface area (Å²) in [4.78, 5) is 24.9. The molecule has 1 amide bonds. The molecular formula is C25H24N2O5S2. The molecule has 9 heteroatoms. The quantitative estimate of drug-likeness (QED) is 0.269. The molecule has 1 heterocycles. The summed E-state index contributed by atoms with van der Waals surface area (Å²) in [5.74, 6) is 0.223. The highest BCUT2D eigenvalue weighted by atomic mass is 32.1. The van der Waals surface area contributed by atoms with Gasteiger partial charge in [-0.15, -0.1) is 11.3 Å². The van der Waals surface area contributed by atoms with Crippen molar-refractivity contribution in [2.45, 2.75) is 6.92 Å². The van der Waals surface area contributed by atoms with Gasteiger partial charge in [-0.25, -0.2) is 4.79 Å². The number of thiocarbonyl (C=S) groups is 1. The third-order valence-corrected chi connectivity index (χ3v) is 5.94. The maximum Gasteiger partial charge on any atom is 0.341 e. The van der Waals surface area contributed by atoms with Gasteiger partial charge in [-0.05, 0) is 48.5 Å². The fourth-order valence-corrected chi connectivity index (χ4v) is 4.35. The second-order valence-electron chi connectivity index (χ2n) is 7.10. The average molecular weight is 497 g/mol. The van der Waals surface area contributed by atoms with Crippen LogP contribution in [0.4, 0.5) is 5.00 Å².